The van der Waals surface area contributed by atoms with Gasteiger partial charge < -0.3 is 33.8 Å². The van der Waals surface area contributed by atoms with Gasteiger partial charge in [-0.2, -0.15) is 0 Å². The number of ether oxygens (including phenoxy) is 4. The number of unbranched alkanes of at least 4 members (excludes halogenated alkanes) is 33. The van der Waals surface area contributed by atoms with E-state index in [1.165, 1.54) is 141 Å². The van der Waals surface area contributed by atoms with E-state index in [9.17, 15) is 43.2 Å². The zero-order valence-electron chi connectivity index (χ0n) is 59.5. The van der Waals surface area contributed by atoms with Gasteiger partial charge in [-0.3, -0.25) is 37.3 Å². The maximum absolute atomic E-state index is 13.0. The van der Waals surface area contributed by atoms with Crippen LogP contribution in [0.4, 0.5) is 0 Å². The molecule has 0 bridgehead atoms. The molecule has 0 spiro atoms. The fraction of sp³-hybridized carbons (Fsp3) is 0.890. The quantitative estimate of drug-likeness (QED) is 0.0169. The molecule has 0 aromatic rings. The van der Waals surface area contributed by atoms with Crippen LogP contribution in [0.5, 0.6) is 0 Å². The van der Waals surface area contributed by atoms with Gasteiger partial charge in [-0.1, -0.05) is 291 Å². The third-order valence-corrected chi connectivity index (χ3v) is 18.5. The van der Waals surface area contributed by atoms with Crippen LogP contribution in [0.25, 0.3) is 0 Å². The first-order valence-corrected chi connectivity index (χ1v) is 40.2. The zero-order chi connectivity index (χ0) is 68.0. The lowest BCUT2D eigenvalue weighted by Crippen LogP contribution is -2.30. The Morgan fingerprint density at radius 2 is 0.641 bits per heavy atom. The molecule has 6 atom stereocenters. The van der Waals surface area contributed by atoms with Gasteiger partial charge in [0.1, 0.15) is 19.3 Å². The van der Waals surface area contributed by atoms with Crippen molar-refractivity contribution in [1.82, 2.24) is 0 Å². The minimum atomic E-state index is -4.96. The SMILES string of the molecule is CCCCCC/C=C\C=C/CCCCCCCC(=O)O[C@H](COC(=O)CCCCCCCCCCCCC(C)C)COP(=O)(O)OC[C@@H](O)COP(=O)(O)OC[C@@H](COC(=O)CCCCCCCCCCC(C)CC)OC(=O)CCCCCCCCCCCC(C)C. The lowest BCUT2D eigenvalue weighted by atomic mass is 9.99. The number of carbonyl (C=O) groups is 4. The summed E-state index contributed by atoms with van der Waals surface area (Å²) in [6.45, 7) is 11.8. The first-order chi connectivity index (χ1) is 44.3. The first kappa shape index (κ1) is 89.5. The Bertz CT molecular complexity index is 1900. The highest BCUT2D eigenvalue weighted by Crippen LogP contribution is 2.45. The van der Waals surface area contributed by atoms with E-state index < -0.39 is 97.5 Å². The summed E-state index contributed by atoms with van der Waals surface area (Å²) in [5.74, 6) is 0.113. The van der Waals surface area contributed by atoms with Crippen molar-refractivity contribution in [3.05, 3.63) is 24.3 Å². The molecule has 0 aromatic heterocycles. The highest BCUT2D eigenvalue weighted by Gasteiger charge is 2.30. The molecule has 17 nitrogen and oxygen atoms in total. The van der Waals surface area contributed by atoms with Gasteiger partial charge in [0.15, 0.2) is 12.2 Å². The maximum atomic E-state index is 13.0. The van der Waals surface area contributed by atoms with Crippen LogP contribution in [0.3, 0.4) is 0 Å². The van der Waals surface area contributed by atoms with E-state index in [0.717, 1.165) is 120 Å². The van der Waals surface area contributed by atoms with Crippen molar-refractivity contribution in [3.63, 3.8) is 0 Å². The van der Waals surface area contributed by atoms with E-state index in [2.05, 4.69) is 72.8 Å². The number of allylic oxidation sites excluding steroid dienone is 4. The molecular formula is C73H138O17P2. The van der Waals surface area contributed by atoms with Crippen molar-refractivity contribution in [3.8, 4) is 0 Å². The number of aliphatic hydroxyl groups is 1. The lowest BCUT2D eigenvalue weighted by Gasteiger charge is -2.21. The summed E-state index contributed by atoms with van der Waals surface area (Å²) in [5.41, 5.74) is 0. The molecule has 0 saturated heterocycles. The molecular weight excluding hydrogens is 1210 g/mol. The van der Waals surface area contributed by atoms with Gasteiger partial charge in [-0.05, 0) is 69.1 Å². The standard InChI is InChI=1S/C73H138O17P2/c1-8-10-11-12-13-14-15-16-17-18-19-26-35-42-49-56-72(77)89-68(60-83-70(75)54-47-40-33-25-21-20-23-30-37-44-51-64(3)4)62-87-91(79,80)85-58-67(74)59-86-92(81,82)88-63-69(90-73(78)57-50-43-36-27-22-24-31-38-45-52-65(5)6)61-84-71(76)55-48-41-34-29-28-32-39-46-53-66(7)9-2/h14-17,64-69,74H,8-13,18-63H2,1-7H3,(H,79,80)(H,81,82)/b15-14-,17-16-/t66?,67-,68-,69-/m1/s1. The Hall–Kier alpha value is -2.46. The summed E-state index contributed by atoms with van der Waals surface area (Å²) >= 11 is 0. The third-order valence-electron chi connectivity index (χ3n) is 16.6. The van der Waals surface area contributed by atoms with Crippen LogP contribution in [-0.2, 0) is 65.4 Å². The van der Waals surface area contributed by atoms with Gasteiger partial charge >= 0.3 is 39.5 Å². The van der Waals surface area contributed by atoms with Crippen molar-refractivity contribution in [2.75, 3.05) is 39.6 Å². The fourth-order valence-electron chi connectivity index (χ4n) is 10.5. The summed E-state index contributed by atoms with van der Waals surface area (Å²) in [4.78, 5) is 72.7. The minimum absolute atomic E-state index is 0.0843. The molecule has 0 saturated carbocycles. The van der Waals surface area contributed by atoms with Gasteiger partial charge in [0.25, 0.3) is 0 Å². The molecule has 3 N–H and O–H groups in total. The fourth-order valence-corrected chi connectivity index (χ4v) is 12.1. The van der Waals surface area contributed by atoms with E-state index in [-0.39, 0.29) is 25.7 Å². The maximum Gasteiger partial charge on any atom is 0.472 e. The Morgan fingerprint density at radius 3 is 0.967 bits per heavy atom. The molecule has 542 valence electrons. The normalized spacial score (nSPS) is 14.6. The van der Waals surface area contributed by atoms with Crippen LogP contribution in [0.1, 0.15) is 344 Å². The van der Waals surface area contributed by atoms with Crippen LogP contribution in [0.15, 0.2) is 24.3 Å². The van der Waals surface area contributed by atoms with E-state index in [1.54, 1.807) is 0 Å². The molecule has 0 fully saturated rings. The number of phosphoric acid groups is 2. The van der Waals surface area contributed by atoms with Gasteiger partial charge in [-0.15, -0.1) is 0 Å². The predicted molar refractivity (Wildman–Crippen MR) is 372 cm³/mol. The molecule has 0 aliphatic rings. The van der Waals surface area contributed by atoms with Crippen LogP contribution in [0.2, 0.25) is 0 Å². The topological polar surface area (TPSA) is 237 Å². The molecule has 0 rings (SSSR count). The molecule has 0 amide bonds. The average molecular weight is 1350 g/mol. The lowest BCUT2D eigenvalue weighted by molar-refractivity contribution is -0.161. The average Bonchev–Trinajstić information content (AvgIpc) is 1.55. The monoisotopic (exact) mass is 1350 g/mol. The molecule has 0 aromatic carbocycles. The van der Waals surface area contributed by atoms with Crippen LogP contribution in [0, 0.1) is 17.8 Å². The van der Waals surface area contributed by atoms with Crippen LogP contribution < -0.4 is 0 Å². The van der Waals surface area contributed by atoms with Crippen LogP contribution >= 0.6 is 15.6 Å². The molecule has 0 radical (unpaired) electrons. The number of rotatable bonds is 69. The molecule has 0 aliphatic carbocycles. The Morgan fingerprint density at radius 1 is 0.359 bits per heavy atom. The smallest absolute Gasteiger partial charge is 0.462 e. The second-order valence-electron chi connectivity index (χ2n) is 26.8. The summed E-state index contributed by atoms with van der Waals surface area (Å²) < 4.78 is 68.4. The number of phosphoric ester groups is 2. The number of carbonyl (C=O) groups excluding carboxylic acids is 4. The Balaban J connectivity index is 5.31. The molecule has 92 heavy (non-hydrogen) atoms. The van der Waals surface area contributed by atoms with Gasteiger partial charge in [-0.25, -0.2) is 9.13 Å². The number of aliphatic hydroxyl groups excluding tert-OH is 1. The zero-order valence-corrected chi connectivity index (χ0v) is 61.3. The summed E-state index contributed by atoms with van der Waals surface area (Å²) in [6, 6.07) is 0. The van der Waals surface area contributed by atoms with Crippen molar-refractivity contribution >= 4 is 39.5 Å². The summed E-state index contributed by atoms with van der Waals surface area (Å²) in [7, 11) is -9.92. The predicted octanol–water partition coefficient (Wildman–Crippen LogP) is 20.6. The summed E-state index contributed by atoms with van der Waals surface area (Å²) in [6.07, 6.45) is 50.7. The number of esters is 4. The van der Waals surface area contributed by atoms with Gasteiger partial charge in [0, 0.05) is 25.7 Å². The second kappa shape index (κ2) is 63.3. The second-order valence-corrected chi connectivity index (χ2v) is 29.7. The minimum Gasteiger partial charge on any atom is -0.462 e. The van der Waals surface area contributed by atoms with E-state index in [0.29, 0.717) is 25.7 Å². The van der Waals surface area contributed by atoms with Crippen LogP contribution in [-0.4, -0.2) is 96.7 Å². The van der Waals surface area contributed by atoms with Crippen molar-refractivity contribution in [1.29, 1.82) is 0 Å². The van der Waals surface area contributed by atoms with Crippen molar-refractivity contribution in [2.24, 2.45) is 17.8 Å². The van der Waals surface area contributed by atoms with E-state index in [1.807, 2.05) is 0 Å². The van der Waals surface area contributed by atoms with Crippen molar-refractivity contribution in [2.45, 2.75) is 362 Å². The summed E-state index contributed by atoms with van der Waals surface area (Å²) in [5, 5.41) is 10.6. The van der Waals surface area contributed by atoms with Crippen molar-refractivity contribution < 1.29 is 80.2 Å². The first-order valence-electron chi connectivity index (χ1n) is 37.2. The highest BCUT2D eigenvalue weighted by atomic mass is 31.2. The molecule has 0 aliphatic heterocycles. The largest absolute Gasteiger partial charge is 0.472 e. The number of hydrogen-bond donors (Lipinski definition) is 3. The third kappa shape index (κ3) is 64.9. The molecule has 3 unspecified atom stereocenters. The Labute approximate surface area is 561 Å². The van der Waals surface area contributed by atoms with Gasteiger partial charge in [0.2, 0.25) is 0 Å². The number of hydrogen-bond acceptors (Lipinski definition) is 15. The van der Waals surface area contributed by atoms with Gasteiger partial charge in [0.05, 0.1) is 26.4 Å². The Kier molecular flexibility index (Phi) is 61.6. The molecule has 0 heterocycles. The van der Waals surface area contributed by atoms with E-state index >= 15 is 0 Å². The van der Waals surface area contributed by atoms with E-state index in [4.69, 9.17) is 37.0 Å². The molecule has 19 heteroatoms. The highest BCUT2D eigenvalue weighted by molar-refractivity contribution is 7.47.